The van der Waals surface area contributed by atoms with Gasteiger partial charge in [0, 0.05) is 0 Å². The third kappa shape index (κ3) is 3.83. The second-order valence-corrected chi connectivity index (χ2v) is 2.07. The van der Waals surface area contributed by atoms with Crippen molar-refractivity contribution in [2.24, 2.45) is 11.7 Å². The van der Waals surface area contributed by atoms with Crippen LogP contribution in [0.15, 0.2) is 24.9 Å². The molecule has 0 aromatic heterocycles. The van der Waals surface area contributed by atoms with Gasteiger partial charge >= 0.3 is 0 Å². The Kier molecular flexibility index (Phi) is 4.98. The highest BCUT2D eigenvalue weighted by Gasteiger charge is 1.94. The van der Waals surface area contributed by atoms with Crippen LogP contribution in [0.2, 0.25) is 0 Å². The molecule has 0 fully saturated rings. The van der Waals surface area contributed by atoms with Gasteiger partial charge in [-0.25, -0.2) is 0 Å². The number of hydrogen-bond acceptors (Lipinski definition) is 1. The maximum Gasteiger partial charge on any atom is -0.0103 e. The second kappa shape index (κ2) is 5.42. The standard InChI is InChI=1S/C8H15N/c1-3-8(4-2)6-5-7-9/h3,5,7-8H,1,4,6,9H2,2H3/b7-5-/t8-/m1/s1. The van der Waals surface area contributed by atoms with Gasteiger partial charge in [-0.05, 0) is 25.0 Å². The fraction of sp³-hybridized carbons (Fsp3) is 0.500. The van der Waals surface area contributed by atoms with E-state index in [1.54, 1.807) is 6.20 Å². The van der Waals surface area contributed by atoms with Gasteiger partial charge in [0.15, 0.2) is 0 Å². The molecule has 0 saturated heterocycles. The molecule has 0 spiro atoms. The van der Waals surface area contributed by atoms with E-state index in [-0.39, 0.29) is 0 Å². The first kappa shape index (κ1) is 8.28. The molecule has 2 N–H and O–H groups in total. The highest BCUT2D eigenvalue weighted by Crippen LogP contribution is 2.08. The summed E-state index contributed by atoms with van der Waals surface area (Å²) in [5.41, 5.74) is 5.17. The SMILES string of the molecule is C=C[C@H](CC)C/C=C\N. The summed E-state index contributed by atoms with van der Waals surface area (Å²) in [7, 11) is 0. The number of hydrogen-bond donors (Lipinski definition) is 1. The van der Waals surface area contributed by atoms with Crippen LogP contribution in [-0.4, -0.2) is 0 Å². The molecule has 0 aliphatic carbocycles. The Balaban J connectivity index is 3.42. The molecule has 0 heterocycles. The normalized spacial score (nSPS) is 13.9. The lowest BCUT2D eigenvalue weighted by Crippen LogP contribution is -1.91. The summed E-state index contributed by atoms with van der Waals surface area (Å²) in [6.07, 6.45) is 7.70. The Morgan fingerprint density at radius 2 is 2.33 bits per heavy atom. The van der Waals surface area contributed by atoms with E-state index < -0.39 is 0 Å². The fourth-order valence-corrected chi connectivity index (χ4v) is 0.683. The van der Waals surface area contributed by atoms with Crippen LogP contribution in [0.3, 0.4) is 0 Å². The Bertz CT molecular complexity index is 94.7. The lowest BCUT2D eigenvalue weighted by atomic mass is 10.0. The van der Waals surface area contributed by atoms with E-state index in [1.807, 2.05) is 12.2 Å². The van der Waals surface area contributed by atoms with E-state index in [1.165, 1.54) is 0 Å². The molecule has 1 atom stereocenters. The van der Waals surface area contributed by atoms with Crippen molar-refractivity contribution in [2.45, 2.75) is 19.8 Å². The van der Waals surface area contributed by atoms with Gasteiger partial charge in [0.25, 0.3) is 0 Å². The monoisotopic (exact) mass is 125 g/mol. The van der Waals surface area contributed by atoms with Crippen molar-refractivity contribution >= 4 is 0 Å². The number of nitrogens with two attached hydrogens (primary N) is 1. The molecule has 1 heteroatoms. The van der Waals surface area contributed by atoms with Gasteiger partial charge < -0.3 is 5.73 Å². The summed E-state index contributed by atoms with van der Waals surface area (Å²) in [6.45, 7) is 5.86. The van der Waals surface area contributed by atoms with Crippen LogP contribution in [-0.2, 0) is 0 Å². The Morgan fingerprint density at radius 1 is 1.67 bits per heavy atom. The lowest BCUT2D eigenvalue weighted by Gasteiger charge is -2.02. The minimum absolute atomic E-state index is 0.602. The molecule has 0 bridgehead atoms. The maximum absolute atomic E-state index is 5.17. The summed E-state index contributed by atoms with van der Waals surface area (Å²) in [6, 6.07) is 0. The van der Waals surface area contributed by atoms with Crippen molar-refractivity contribution in [3.63, 3.8) is 0 Å². The van der Waals surface area contributed by atoms with Crippen molar-refractivity contribution in [1.29, 1.82) is 0 Å². The first-order chi connectivity index (χ1) is 4.35. The van der Waals surface area contributed by atoms with Crippen molar-refractivity contribution in [3.8, 4) is 0 Å². The van der Waals surface area contributed by atoms with Crippen LogP contribution in [0, 0.1) is 5.92 Å². The highest BCUT2D eigenvalue weighted by molar-refractivity contribution is 4.86. The number of rotatable bonds is 4. The lowest BCUT2D eigenvalue weighted by molar-refractivity contribution is 0.639. The average molecular weight is 125 g/mol. The van der Waals surface area contributed by atoms with Crippen LogP contribution in [0.25, 0.3) is 0 Å². The van der Waals surface area contributed by atoms with E-state index >= 15 is 0 Å². The molecule has 0 radical (unpaired) electrons. The largest absolute Gasteiger partial charge is 0.405 e. The van der Waals surface area contributed by atoms with Crippen molar-refractivity contribution < 1.29 is 0 Å². The van der Waals surface area contributed by atoms with Crippen LogP contribution < -0.4 is 5.73 Å². The minimum Gasteiger partial charge on any atom is -0.405 e. The van der Waals surface area contributed by atoms with Crippen LogP contribution in [0.4, 0.5) is 0 Å². The van der Waals surface area contributed by atoms with Crippen molar-refractivity contribution in [3.05, 3.63) is 24.9 Å². The summed E-state index contributed by atoms with van der Waals surface area (Å²) < 4.78 is 0. The summed E-state index contributed by atoms with van der Waals surface area (Å²) >= 11 is 0. The first-order valence-corrected chi connectivity index (χ1v) is 3.34. The molecule has 9 heavy (non-hydrogen) atoms. The van der Waals surface area contributed by atoms with Crippen LogP contribution >= 0.6 is 0 Å². The molecule has 0 aliphatic heterocycles. The number of allylic oxidation sites excluding steroid dienone is 2. The summed E-state index contributed by atoms with van der Waals surface area (Å²) in [5.74, 6) is 0.602. The first-order valence-electron chi connectivity index (χ1n) is 3.34. The maximum atomic E-state index is 5.17. The van der Waals surface area contributed by atoms with Crippen molar-refractivity contribution in [2.75, 3.05) is 0 Å². The van der Waals surface area contributed by atoms with E-state index in [4.69, 9.17) is 5.73 Å². The molecule has 0 aromatic carbocycles. The smallest absolute Gasteiger partial charge is 0.0103 e. The molecular weight excluding hydrogens is 110 g/mol. The van der Waals surface area contributed by atoms with Crippen LogP contribution in [0.1, 0.15) is 19.8 Å². The highest BCUT2D eigenvalue weighted by atomic mass is 14.5. The molecule has 0 aromatic rings. The molecule has 0 saturated carbocycles. The molecule has 1 nitrogen and oxygen atoms in total. The zero-order valence-electron chi connectivity index (χ0n) is 6.01. The van der Waals surface area contributed by atoms with Gasteiger partial charge in [-0.3, -0.25) is 0 Å². The Labute approximate surface area is 57.3 Å². The zero-order valence-corrected chi connectivity index (χ0v) is 6.01. The van der Waals surface area contributed by atoms with E-state index in [0.29, 0.717) is 5.92 Å². The van der Waals surface area contributed by atoms with Crippen molar-refractivity contribution in [1.82, 2.24) is 0 Å². The minimum atomic E-state index is 0.602. The third-order valence-corrected chi connectivity index (χ3v) is 1.43. The molecule has 52 valence electrons. The quantitative estimate of drug-likeness (QED) is 0.572. The van der Waals surface area contributed by atoms with Gasteiger partial charge in [0.2, 0.25) is 0 Å². The average Bonchev–Trinajstić information content (AvgIpc) is 1.91. The second-order valence-electron chi connectivity index (χ2n) is 2.07. The van der Waals surface area contributed by atoms with E-state index in [0.717, 1.165) is 12.8 Å². The van der Waals surface area contributed by atoms with Gasteiger partial charge in [-0.15, -0.1) is 6.58 Å². The van der Waals surface area contributed by atoms with E-state index in [9.17, 15) is 0 Å². The zero-order chi connectivity index (χ0) is 7.11. The molecule has 0 unspecified atom stereocenters. The van der Waals surface area contributed by atoms with E-state index in [2.05, 4.69) is 13.5 Å². The fourth-order valence-electron chi connectivity index (χ4n) is 0.683. The predicted molar refractivity (Wildman–Crippen MR) is 41.9 cm³/mol. The molecule has 0 rings (SSSR count). The molecular formula is C8H15N. The summed E-state index contributed by atoms with van der Waals surface area (Å²) in [5, 5.41) is 0. The Hall–Kier alpha value is -0.720. The van der Waals surface area contributed by atoms with Gasteiger partial charge in [0.1, 0.15) is 0 Å². The molecule has 0 aliphatic rings. The third-order valence-electron chi connectivity index (χ3n) is 1.43. The van der Waals surface area contributed by atoms with Gasteiger partial charge in [0.05, 0.1) is 0 Å². The van der Waals surface area contributed by atoms with Gasteiger partial charge in [-0.1, -0.05) is 19.1 Å². The van der Waals surface area contributed by atoms with Crippen LogP contribution in [0.5, 0.6) is 0 Å². The van der Waals surface area contributed by atoms with Gasteiger partial charge in [-0.2, -0.15) is 0 Å². The topological polar surface area (TPSA) is 26.0 Å². The predicted octanol–water partition coefficient (Wildman–Crippen LogP) is 2.06. The summed E-state index contributed by atoms with van der Waals surface area (Å²) in [4.78, 5) is 0. The Morgan fingerprint density at radius 3 is 2.67 bits per heavy atom. The molecule has 0 amide bonds.